The van der Waals surface area contributed by atoms with Crippen LogP contribution in [-0.2, 0) is 19.1 Å². The Kier molecular flexibility index (Phi) is 15.2. The minimum atomic E-state index is -0.508. The van der Waals surface area contributed by atoms with Gasteiger partial charge in [0.15, 0.2) is 0 Å². The first-order valence-electron chi connectivity index (χ1n) is 15.1. The maximum atomic E-state index is 11.8. The summed E-state index contributed by atoms with van der Waals surface area (Å²) in [5.41, 5.74) is 0.542. The zero-order chi connectivity index (χ0) is 27.0. The molecule has 2 aliphatic rings. The highest BCUT2D eigenvalue weighted by molar-refractivity contribution is 5.88. The molecule has 2 fully saturated rings. The zero-order valence-electron chi connectivity index (χ0n) is 23.8. The van der Waals surface area contributed by atoms with Crippen molar-refractivity contribution in [1.29, 1.82) is 0 Å². The van der Waals surface area contributed by atoms with Gasteiger partial charge in [-0.25, -0.2) is 9.59 Å². The molecule has 212 valence electrons. The van der Waals surface area contributed by atoms with E-state index < -0.39 is 5.97 Å². The van der Waals surface area contributed by atoms with Crippen LogP contribution in [0.2, 0.25) is 0 Å². The smallest absolute Gasteiger partial charge is 0.335 e. The predicted octanol–water partition coefficient (Wildman–Crippen LogP) is 7.57. The first-order valence-corrected chi connectivity index (χ1v) is 15.1. The van der Waals surface area contributed by atoms with Gasteiger partial charge < -0.3 is 14.6 Å². The van der Waals surface area contributed by atoms with Crippen LogP contribution in [0.4, 0.5) is 0 Å². The largest absolute Gasteiger partial charge is 0.462 e. The molecule has 0 bridgehead atoms. The summed E-state index contributed by atoms with van der Waals surface area (Å²) in [6.07, 6.45) is 20.3. The van der Waals surface area contributed by atoms with E-state index in [-0.39, 0.29) is 18.1 Å². The number of aliphatic hydroxyl groups excluding tert-OH is 1. The Labute approximate surface area is 226 Å². The third kappa shape index (κ3) is 11.8. The van der Waals surface area contributed by atoms with Gasteiger partial charge in [-0.05, 0) is 101 Å². The molecule has 2 aliphatic carbocycles. The zero-order valence-corrected chi connectivity index (χ0v) is 23.8. The van der Waals surface area contributed by atoms with Gasteiger partial charge in [0.1, 0.15) is 0 Å². The summed E-state index contributed by atoms with van der Waals surface area (Å²) in [6, 6.07) is 0. The minimum Gasteiger partial charge on any atom is -0.462 e. The minimum absolute atomic E-state index is 0.101. The van der Waals surface area contributed by atoms with Crippen LogP contribution < -0.4 is 0 Å². The first kappa shape index (κ1) is 31.6. The van der Waals surface area contributed by atoms with Crippen LogP contribution in [0.25, 0.3) is 0 Å². The second kappa shape index (κ2) is 17.8. The molecular formula is C32H54O5. The highest BCUT2D eigenvalue weighted by Crippen LogP contribution is 2.45. The van der Waals surface area contributed by atoms with Gasteiger partial charge in [0, 0.05) is 5.57 Å². The van der Waals surface area contributed by atoms with Crippen molar-refractivity contribution in [3.8, 4) is 0 Å². The molecule has 0 amide bonds. The molecule has 5 heteroatoms. The summed E-state index contributed by atoms with van der Waals surface area (Å²) in [5.74, 6) is 3.24. The van der Waals surface area contributed by atoms with Gasteiger partial charge in [-0.15, -0.1) is 0 Å². The van der Waals surface area contributed by atoms with Crippen LogP contribution >= 0.6 is 0 Å². The van der Waals surface area contributed by atoms with E-state index in [0.29, 0.717) is 30.6 Å². The third-order valence-electron chi connectivity index (χ3n) is 8.99. The highest BCUT2D eigenvalue weighted by Gasteiger charge is 2.33. The fourth-order valence-corrected chi connectivity index (χ4v) is 6.65. The molecule has 1 unspecified atom stereocenters. The average Bonchev–Trinajstić information content (AvgIpc) is 2.92. The van der Waals surface area contributed by atoms with Crippen molar-refractivity contribution < 1.29 is 24.2 Å². The maximum absolute atomic E-state index is 11.8. The van der Waals surface area contributed by atoms with Crippen molar-refractivity contribution in [3.63, 3.8) is 0 Å². The molecule has 37 heavy (non-hydrogen) atoms. The number of aliphatic hydroxyl groups is 1. The molecular weight excluding hydrogens is 464 g/mol. The molecule has 0 spiro atoms. The summed E-state index contributed by atoms with van der Waals surface area (Å²) < 4.78 is 10.6. The Hall–Kier alpha value is -1.62. The summed E-state index contributed by atoms with van der Waals surface area (Å²) in [7, 11) is 0. The predicted molar refractivity (Wildman–Crippen MR) is 150 cm³/mol. The van der Waals surface area contributed by atoms with Crippen molar-refractivity contribution in [2.75, 3.05) is 19.8 Å². The average molecular weight is 519 g/mol. The van der Waals surface area contributed by atoms with Crippen molar-refractivity contribution in [3.05, 3.63) is 24.3 Å². The lowest BCUT2D eigenvalue weighted by Crippen LogP contribution is -2.28. The van der Waals surface area contributed by atoms with Crippen molar-refractivity contribution in [2.24, 2.45) is 29.6 Å². The fraction of sp³-hybridized carbons (Fsp3) is 0.812. The van der Waals surface area contributed by atoms with Crippen LogP contribution in [0.3, 0.4) is 0 Å². The monoisotopic (exact) mass is 518 g/mol. The van der Waals surface area contributed by atoms with Gasteiger partial charge in [0.25, 0.3) is 0 Å². The quantitative estimate of drug-likeness (QED) is 0.122. The van der Waals surface area contributed by atoms with Gasteiger partial charge in [0.2, 0.25) is 0 Å². The molecule has 1 N–H and O–H groups in total. The van der Waals surface area contributed by atoms with Crippen molar-refractivity contribution >= 4 is 11.9 Å². The summed E-state index contributed by atoms with van der Waals surface area (Å²) in [4.78, 5) is 23.5. The van der Waals surface area contributed by atoms with Crippen LogP contribution in [0.1, 0.15) is 117 Å². The van der Waals surface area contributed by atoms with Gasteiger partial charge in [-0.1, -0.05) is 58.6 Å². The van der Waals surface area contributed by atoms with E-state index in [1.54, 1.807) is 6.92 Å². The molecule has 1 atom stereocenters. The van der Waals surface area contributed by atoms with E-state index in [2.05, 4.69) is 20.1 Å². The molecule has 0 aliphatic heterocycles. The molecule has 5 nitrogen and oxygen atoms in total. The number of hydrogen-bond donors (Lipinski definition) is 1. The molecule has 0 saturated heterocycles. The molecule has 0 aromatic rings. The van der Waals surface area contributed by atoms with E-state index in [1.165, 1.54) is 77.0 Å². The summed E-state index contributed by atoms with van der Waals surface area (Å²) in [6.45, 7) is 11.6. The topological polar surface area (TPSA) is 72.8 Å². The molecule has 0 radical (unpaired) electrons. The number of rotatable bonds is 17. The Morgan fingerprint density at radius 1 is 0.811 bits per heavy atom. The number of hydrogen-bond acceptors (Lipinski definition) is 5. The lowest BCUT2D eigenvalue weighted by atomic mass is 9.66. The third-order valence-corrected chi connectivity index (χ3v) is 8.99. The SMILES string of the molecule is C=C(C)C(=O)OCCCC(CCCOC(=O)C(=C)CO)C1CCC(C2CCC(CCCCC)CC2)CC1. The molecule has 2 saturated carbocycles. The second-order valence-corrected chi connectivity index (χ2v) is 11.8. The first-order chi connectivity index (χ1) is 17.8. The van der Waals surface area contributed by atoms with E-state index in [1.807, 2.05) is 0 Å². The van der Waals surface area contributed by atoms with E-state index in [4.69, 9.17) is 14.6 Å². The van der Waals surface area contributed by atoms with Crippen molar-refractivity contribution in [2.45, 2.75) is 117 Å². The maximum Gasteiger partial charge on any atom is 0.335 e. The summed E-state index contributed by atoms with van der Waals surface area (Å²) >= 11 is 0. The van der Waals surface area contributed by atoms with Crippen LogP contribution in [0.5, 0.6) is 0 Å². The number of unbranched alkanes of at least 4 members (excludes halogenated alkanes) is 2. The van der Waals surface area contributed by atoms with Crippen LogP contribution in [-0.4, -0.2) is 36.9 Å². The number of carbonyl (C=O) groups excluding carboxylic acids is 2. The molecule has 0 aromatic heterocycles. The Morgan fingerprint density at radius 2 is 1.35 bits per heavy atom. The van der Waals surface area contributed by atoms with Gasteiger partial charge in [0.05, 0.1) is 25.4 Å². The Balaban J connectivity index is 1.78. The van der Waals surface area contributed by atoms with Gasteiger partial charge in [-0.2, -0.15) is 0 Å². The highest BCUT2D eigenvalue weighted by atomic mass is 16.5. The van der Waals surface area contributed by atoms with E-state index in [9.17, 15) is 9.59 Å². The number of ether oxygens (including phenoxy) is 2. The fourth-order valence-electron chi connectivity index (χ4n) is 6.65. The van der Waals surface area contributed by atoms with Gasteiger partial charge >= 0.3 is 11.9 Å². The Morgan fingerprint density at radius 3 is 1.86 bits per heavy atom. The number of carbonyl (C=O) groups is 2. The Bertz CT molecular complexity index is 698. The molecule has 0 aromatic carbocycles. The van der Waals surface area contributed by atoms with E-state index >= 15 is 0 Å². The van der Waals surface area contributed by atoms with Gasteiger partial charge in [-0.3, -0.25) is 0 Å². The molecule has 2 rings (SSSR count). The van der Waals surface area contributed by atoms with Crippen LogP contribution in [0.15, 0.2) is 24.3 Å². The van der Waals surface area contributed by atoms with E-state index in [0.717, 1.165) is 43.4 Å². The van der Waals surface area contributed by atoms with Crippen molar-refractivity contribution in [1.82, 2.24) is 0 Å². The second-order valence-electron chi connectivity index (χ2n) is 11.8. The normalized spacial score (nSPS) is 24.7. The lowest BCUT2D eigenvalue weighted by Gasteiger charge is -2.40. The summed E-state index contributed by atoms with van der Waals surface area (Å²) in [5, 5.41) is 9.04. The molecule has 0 heterocycles. The van der Waals surface area contributed by atoms with Crippen LogP contribution in [0, 0.1) is 29.6 Å². The standard InChI is InChI=1S/C32H54O5/c1-5-6-7-10-26-13-15-28(16-14-26)30-19-17-29(18-20-30)27(11-8-21-36-31(34)24(2)3)12-9-22-37-32(35)25(4)23-33/h26-30,33H,2,4-23H2,1,3H3. The lowest BCUT2D eigenvalue weighted by molar-refractivity contribution is -0.140. The number of esters is 2.